The van der Waals surface area contributed by atoms with Crippen LogP contribution in [0.15, 0.2) is 66.7 Å². The molecule has 0 aromatic heterocycles. The number of nitrogens with one attached hydrogen (secondary N) is 2. The number of amides is 1. The number of aliphatic hydroxyl groups is 1. The molecule has 0 radical (unpaired) electrons. The third kappa shape index (κ3) is 4.65. The van der Waals surface area contributed by atoms with Gasteiger partial charge in [-0.1, -0.05) is 48.5 Å². The van der Waals surface area contributed by atoms with Crippen molar-refractivity contribution < 1.29 is 18.7 Å². The first-order valence-electron chi connectivity index (χ1n) is 10.2. The first-order chi connectivity index (χ1) is 14.9. The van der Waals surface area contributed by atoms with Crippen LogP contribution in [0, 0.1) is 11.6 Å². The number of halogens is 2. The average Bonchev–Trinajstić information content (AvgIpc) is 3.04. The van der Waals surface area contributed by atoms with Crippen molar-refractivity contribution in [2.24, 2.45) is 0 Å². The molecule has 0 unspecified atom stereocenters. The fourth-order valence-corrected chi connectivity index (χ4v) is 4.28. The summed E-state index contributed by atoms with van der Waals surface area (Å²) >= 11 is 0. The lowest BCUT2D eigenvalue weighted by Crippen LogP contribution is -2.48. The average molecular weight is 422 g/mol. The number of fused-ring (bicyclic) bond motifs is 3. The molecule has 1 aliphatic rings. The van der Waals surface area contributed by atoms with Crippen LogP contribution in [0.3, 0.4) is 0 Å². The molecule has 2 atom stereocenters. The van der Waals surface area contributed by atoms with Crippen LogP contribution in [-0.4, -0.2) is 29.7 Å². The molecule has 3 aromatic rings. The van der Waals surface area contributed by atoms with Crippen molar-refractivity contribution in [3.63, 3.8) is 0 Å². The highest BCUT2D eigenvalue weighted by atomic mass is 19.1. The number of carbonyl (C=O) groups excluding carboxylic acids is 1. The maximum Gasteiger partial charge on any atom is 0.217 e. The quantitative estimate of drug-likeness (QED) is 0.544. The van der Waals surface area contributed by atoms with Gasteiger partial charge in [0.2, 0.25) is 5.91 Å². The zero-order valence-electron chi connectivity index (χ0n) is 17.1. The number of hydrogen-bond donors (Lipinski definition) is 3. The number of aliphatic hydroxyl groups excluding tert-OH is 1. The fraction of sp³-hybridized carbons (Fsp3) is 0.240. The molecule has 4 rings (SSSR count). The Kier molecular flexibility index (Phi) is 6.11. The van der Waals surface area contributed by atoms with E-state index in [1.165, 1.54) is 19.1 Å². The van der Waals surface area contributed by atoms with Gasteiger partial charge in [0.25, 0.3) is 0 Å². The van der Waals surface area contributed by atoms with Gasteiger partial charge in [0, 0.05) is 19.5 Å². The highest BCUT2D eigenvalue weighted by Gasteiger charge is 2.29. The molecule has 160 valence electrons. The van der Waals surface area contributed by atoms with Gasteiger partial charge in [-0.2, -0.15) is 0 Å². The van der Waals surface area contributed by atoms with Crippen LogP contribution >= 0.6 is 0 Å². The van der Waals surface area contributed by atoms with E-state index < -0.39 is 23.8 Å². The zero-order valence-corrected chi connectivity index (χ0v) is 17.1. The van der Waals surface area contributed by atoms with Crippen LogP contribution in [0.4, 0.5) is 8.78 Å². The van der Waals surface area contributed by atoms with Crippen molar-refractivity contribution in [3.8, 4) is 11.1 Å². The Bertz CT molecular complexity index is 1040. The van der Waals surface area contributed by atoms with Gasteiger partial charge in [-0.15, -0.1) is 0 Å². The molecule has 0 bridgehead atoms. The number of benzene rings is 3. The minimum absolute atomic E-state index is 0.0911. The molecule has 1 aliphatic carbocycles. The summed E-state index contributed by atoms with van der Waals surface area (Å²) in [6, 6.07) is 18.6. The summed E-state index contributed by atoms with van der Waals surface area (Å²) in [5.74, 6) is -1.70. The largest absolute Gasteiger partial charge is 0.390 e. The molecule has 4 nitrogen and oxygen atoms in total. The summed E-state index contributed by atoms with van der Waals surface area (Å²) in [5, 5.41) is 17.0. The van der Waals surface area contributed by atoms with Crippen molar-refractivity contribution in [1.82, 2.24) is 10.6 Å². The second kappa shape index (κ2) is 8.96. The summed E-state index contributed by atoms with van der Waals surface area (Å²) in [6.07, 6.45) is -0.857. The van der Waals surface area contributed by atoms with Crippen LogP contribution in [0.1, 0.15) is 29.7 Å². The summed E-state index contributed by atoms with van der Waals surface area (Å²) in [7, 11) is 0. The first-order valence-corrected chi connectivity index (χ1v) is 10.2. The van der Waals surface area contributed by atoms with E-state index >= 15 is 0 Å². The summed E-state index contributed by atoms with van der Waals surface area (Å²) in [5.41, 5.74) is 4.92. The maximum atomic E-state index is 13.6. The van der Waals surface area contributed by atoms with Gasteiger partial charge in [-0.3, -0.25) is 4.79 Å². The second-order valence-electron chi connectivity index (χ2n) is 7.87. The first kappa shape index (κ1) is 21.2. The van der Waals surface area contributed by atoms with Gasteiger partial charge in [-0.05, 0) is 46.4 Å². The van der Waals surface area contributed by atoms with E-state index in [9.17, 15) is 18.7 Å². The minimum atomic E-state index is -0.963. The Balaban J connectivity index is 1.51. The maximum absolute atomic E-state index is 13.6. The highest BCUT2D eigenvalue weighted by Crippen LogP contribution is 2.42. The molecular weight excluding hydrogens is 398 g/mol. The molecule has 31 heavy (non-hydrogen) atoms. The van der Waals surface area contributed by atoms with Crippen LogP contribution in [0.25, 0.3) is 11.1 Å². The molecule has 0 saturated carbocycles. The van der Waals surface area contributed by atoms with E-state index in [2.05, 4.69) is 34.9 Å². The molecule has 0 fully saturated rings. The van der Waals surface area contributed by atoms with E-state index in [0.717, 1.165) is 28.3 Å². The molecule has 0 heterocycles. The Labute approximate surface area is 179 Å². The fourth-order valence-electron chi connectivity index (χ4n) is 4.28. The van der Waals surface area contributed by atoms with Crippen LogP contribution in [-0.2, 0) is 11.2 Å². The monoisotopic (exact) mass is 422 g/mol. The summed E-state index contributed by atoms with van der Waals surface area (Å²) in [6.45, 7) is 1.54. The molecule has 3 aromatic carbocycles. The standard InChI is InChI=1S/C25H24F2N2O2/c1-15(30)29-23(12-16-10-17(26)13-18(27)11-16)24(31)14-28-25-21-8-4-2-6-19(21)20-7-3-5-9-22(20)25/h2-11,13,23-25,28,31H,12,14H2,1H3,(H,29,30)/t23-,24-/m0/s1. The van der Waals surface area contributed by atoms with Crippen molar-refractivity contribution in [3.05, 3.63) is 95.1 Å². The van der Waals surface area contributed by atoms with E-state index in [0.29, 0.717) is 5.56 Å². The topological polar surface area (TPSA) is 61.4 Å². The summed E-state index contributed by atoms with van der Waals surface area (Å²) in [4.78, 5) is 11.7. The third-order valence-electron chi connectivity index (χ3n) is 5.60. The van der Waals surface area contributed by atoms with Gasteiger partial charge in [-0.25, -0.2) is 8.78 Å². The molecular formula is C25H24F2N2O2. The predicted octanol–water partition coefficient (Wildman–Crippen LogP) is 3.73. The number of carbonyl (C=O) groups is 1. The van der Waals surface area contributed by atoms with E-state index in [1.54, 1.807) is 0 Å². The number of rotatable bonds is 7. The van der Waals surface area contributed by atoms with Gasteiger partial charge >= 0.3 is 0 Å². The summed E-state index contributed by atoms with van der Waals surface area (Å²) < 4.78 is 27.1. The molecule has 0 spiro atoms. The van der Waals surface area contributed by atoms with Crippen molar-refractivity contribution in [2.45, 2.75) is 31.5 Å². The van der Waals surface area contributed by atoms with E-state index in [-0.39, 0.29) is 24.9 Å². The van der Waals surface area contributed by atoms with Crippen molar-refractivity contribution in [1.29, 1.82) is 0 Å². The van der Waals surface area contributed by atoms with Gasteiger partial charge in [0.15, 0.2) is 0 Å². The van der Waals surface area contributed by atoms with Gasteiger partial charge < -0.3 is 15.7 Å². The molecule has 0 saturated heterocycles. The Morgan fingerprint density at radius 3 is 2.06 bits per heavy atom. The molecule has 6 heteroatoms. The SMILES string of the molecule is CC(=O)N[C@@H](Cc1cc(F)cc(F)c1)[C@@H](O)CNC1c2ccccc2-c2ccccc21. The highest BCUT2D eigenvalue weighted by molar-refractivity contribution is 5.78. The third-order valence-corrected chi connectivity index (χ3v) is 5.60. The second-order valence-corrected chi connectivity index (χ2v) is 7.87. The van der Waals surface area contributed by atoms with Crippen molar-refractivity contribution in [2.75, 3.05) is 6.54 Å². The predicted molar refractivity (Wildman–Crippen MR) is 115 cm³/mol. The smallest absolute Gasteiger partial charge is 0.217 e. The Morgan fingerprint density at radius 2 is 1.52 bits per heavy atom. The van der Waals surface area contributed by atoms with E-state index in [4.69, 9.17) is 0 Å². The van der Waals surface area contributed by atoms with Crippen LogP contribution in [0.2, 0.25) is 0 Å². The van der Waals surface area contributed by atoms with Gasteiger partial charge in [0.05, 0.1) is 18.2 Å². The molecule has 3 N–H and O–H groups in total. The molecule has 1 amide bonds. The Hall–Kier alpha value is -3.09. The number of hydrogen-bond acceptors (Lipinski definition) is 3. The lowest BCUT2D eigenvalue weighted by atomic mass is 9.99. The Morgan fingerprint density at radius 1 is 0.968 bits per heavy atom. The zero-order chi connectivity index (χ0) is 22.0. The van der Waals surface area contributed by atoms with Crippen LogP contribution in [0.5, 0.6) is 0 Å². The minimum Gasteiger partial charge on any atom is -0.390 e. The molecule has 0 aliphatic heterocycles. The lowest BCUT2D eigenvalue weighted by molar-refractivity contribution is -0.120. The van der Waals surface area contributed by atoms with E-state index in [1.807, 2.05) is 24.3 Å². The lowest BCUT2D eigenvalue weighted by Gasteiger charge is -2.26. The van der Waals surface area contributed by atoms with Gasteiger partial charge in [0.1, 0.15) is 11.6 Å². The normalized spacial score (nSPS) is 14.6. The van der Waals surface area contributed by atoms with Crippen LogP contribution < -0.4 is 10.6 Å². The van der Waals surface area contributed by atoms with Crippen molar-refractivity contribution >= 4 is 5.91 Å².